The van der Waals surface area contributed by atoms with Gasteiger partial charge in [0.2, 0.25) is 0 Å². The molecule has 0 aliphatic carbocycles. The van der Waals surface area contributed by atoms with E-state index in [1.807, 2.05) is 15.5 Å². The third-order valence-corrected chi connectivity index (χ3v) is 6.48. The largest absolute Gasteiger partial charge is 0.373 e. The molecule has 2 aromatic carbocycles. The zero-order valence-electron chi connectivity index (χ0n) is 17.8. The fourth-order valence-corrected chi connectivity index (χ4v) is 4.79. The average molecular weight is 417 g/mol. The Hall–Kier alpha value is -2.96. The molecule has 2 aliphatic heterocycles. The molecular formula is C25H28N4O2. The van der Waals surface area contributed by atoms with Crippen LogP contribution in [0.1, 0.15) is 35.4 Å². The molecule has 2 fully saturated rings. The zero-order valence-corrected chi connectivity index (χ0v) is 17.8. The Balaban J connectivity index is 1.41. The molecular weight excluding hydrogens is 388 g/mol. The zero-order chi connectivity index (χ0) is 21.2. The van der Waals surface area contributed by atoms with Crippen molar-refractivity contribution in [3.8, 4) is 11.1 Å². The molecule has 0 saturated carbocycles. The van der Waals surface area contributed by atoms with E-state index in [4.69, 9.17) is 4.74 Å². The first-order valence-electron chi connectivity index (χ1n) is 11.0. The van der Waals surface area contributed by atoms with Gasteiger partial charge in [0, 0.05) is 25.7 Å². The molecule has 6 nitrogen and oxygen atoms in total. The van der Waals surface area contributed by atoms with E-state index in [1.54, 1.807) is 12.5 Å². The van der Waals surface area contributed by atoms with Gasteiger partial charge in [-0.05, 0) is 30.0 Å². The summed E-state index contributed by atoms with van der Waals surface area (Å²) < 4.78 is 7.91. The monoisotopic (exact) mass is 416 g/mol. The van der Waals surface area contributed by atoms with Gasteiger partial charge in [0.25, 0.3) is 5.91 Å². The highest BCUT2D eigenvalue weighted by molar-refractivity contribution is 5.92. The smallest absolute Gasteiger partial charge is 0.272 e. The minimum atomic E-state index is -0.0250. The quantitative estimate of drug-likeness (QED) is 0.709. The maximum Gasteiger partial charge on any atom is 0.272 e. The third kappa shape index (κ3) is 3.89. The molecule has 6 heteroatoms. The van der Waals surface area contributed by atoms with E-state index >= 15 is 0 Å². The number of hydrogen-bond donors (Lipinski definition) is 1. The number of likely N-dealkylation sites (tertiary alicyclic amines) is 1. The van der Waals surface area contributed by atoms with Crippen molar-refractivity contribution in [2.75, 3.05) is 26.2 Å². The van der Waals surface area contributed by atoms with Crippen LogP contribution in [0.4, 0.5) is 0 Å². The minimum absolute atomic E-state index is 0.0224. The van der Waals surface area contributed by atoms with Gasteiger partial charge in [-0.3, -0.25) is 4.79 Å². The highest BCUT2D eigenvalue weighted by atomic mass is 16.5. The van der Waals surface area contributed by atoms with Crippen molar-refractivity contribution < 1.29 is 9.53 Å². The number of nitrogens with one attached hydrogen (secondary N) is 1. The molecule has 1 N–H and O–H groups in total. The minimum Gasteiger partial charge on any atom is -0.373 e. The van der Waals surface area contributed by atoms with E-state index < -0.39 is 0 Å². The highest BCUT2D eigenvalue weighted by Crippen LogP contribution is 2.31. The average Bonchev–Trinajstić information content (AvgIpc) is 3.33. The number of aromatic nitrogens is 2. The summed E-state index contributed by atoms with van der Waals surface area (Å²) in [5.41, 5.74) is 4.13. The van der Waals surface area contributed by atoms with Crippen LogP contribution in [-0.2, 0) is 4.74 Å². The number of nitrogens with zero attached hydrogens (tertiary/aromatic N) is 3. The number of carbonyl (C=O) groups is 1. The second kappa shape index (κ2) is 8.65. The van der Waals surface area contributed by atoms with Crippen molar-refractivity contribution in [2.24, 2.45) is 0 Å². The standard InChI is InChI=1S/C25H28N4O2/c1-18(20-9-5-6-10-21(20)19-7-3-2-4-8-19)29-17-26-15-23(29)25(30)28-13-11-22-24(16-28)31-14-12-27-22/h2-10,15,17-18,22,24,27H,11-14,16H2,1H3/t18-,22?,24+/m0/s1. The maximum absolute atomic E-state index is 13.4. The number of rotatable bonds is 4. The molecule has 5 rings (SSSR count). The summed E-state index contributed by atoms with van der Waals surface area (Å²) in [6.45, 7) is 5.07. The van der Waals surface area contributed by atoms with Gasteiger partial charge in [-0.25, -0.2) is 4.98 Å². The SMILES string of the molecule is C[C@@H](c1ccccc1-c1ccccc1)n1cncc1C(=O)N1CCC2NCCO[C@@H]2C1. The lowest BCUT2D eigenvalue weighted by atomic mass is 9.95. The molecule has 0 spiro atoms. The van der Waals surface area contributed by atoms with Crippen LogP contribution < -0.4 is 5.32 Å². The van der Waals surface area contributed by atoms with Crippen LogP contribution in [0.2, 0.25) is 0 Å². The van der Waals surface area contributed by atoms with Crippen molar-refractivity contribution >= 4 is 5.91 Å². The Labute approximate surface area is 182 Å². The predicted octanol–water partition coefficient (Wildman–Crippen LogP) is 3.36. The molecule has 0 bridgehead atoms. The number of imidazole rings is 1. The van der Waals surface area contributed by atoms with Gasteiger partial charge < -0.3 is 19.5 Å². The Kier molecular flexibility index (Phi) is 5.57. The molecule has 3 atom stereocenters. The van der Waals surface area contributed by atoms with Gasteiger partial charge in [0.15, 0.2) is 0 Å². The van der Waals surface area contributed by atoms with E-state index in [1.165, 1.54) is 16.7 Å². The molecule has 1 unspecified atom stereocenters. The van der Waals surface area contributed by atoms with Crippen molar-refractivity contribution in [2.45, 2.75) is 31.5 Å². The van der Waals surface area contributed by atoms with Crippen molar-refractivity contribution in [3.63, 3.8) is 0 Å². The topological polar surface area (TPSA) is 59.4 Å². The fraction of sp³-hybridized carbons (Fsp3) is 0.360. The molecule has 1 amide bonds. The second-order valence-corrected chi connectivity index (χ2v) is 8.33. The summed E-state index contributed by atoms with van der Waals surface area (Å²) in [5, 5.41) is 3.51. The van der Waals surface area contributed by atoms with E-state index in [-0.39, 0.29) is 18.1 Å². The molecule has 2 saturated heterocycles. The van der Waals surface area contributed by atoms with Crippen molar-refractivity contribution in [1.82, 2.24) is 19.8 Å². The number of carbonyl (C=O) groups excluding carboxylic acids is 1. The summed E-state index contributed by atoms with van der Waals surface area (Å²) in [4.78, 5) is 19.7. The number of piperidine rings is 1. The molecule has 160 valence electrons. The van der Waals surface area contributed by atoms with Crippen LogP contribution >= 0.6 is 0 Å². The van der Waals surface area contributed by atoms with Gasteiger partial charge >= 0.3 is 0 Å². The molecule has 3 aromatic rings. The van der Waals surface area contributed by atoms with Crippen LogP contribution in [0.25, 0.3) is 11.1 Å². The Morgan fingerprint density at radius 1 is 1.16 bits per heavy atom. The molecule has 3 heterocycles. The van der Waals surface area contributed by atoms with E-state index in [0.29, 0.717) is 24.9 Å². The lowest BCUT2D eigenvalue weighted by Gasteiger charge is -2.41. The van der Waals surface area contributed by atoms with Crippen LogP contribution in [0, 0.1) is 0 Å². The lowest BCUT2D eigenvalue weighted by Crippen LogP contribution is -2.58. The fourth-order valence-electron chi connectivity index (χ4n) is 4.79. The summed E-state index contributed by atoms with van der Waals surface area (Å²) >= 11 is 0. The number of amides is 1. The molecule has 2 aliphatic rings. The normalized spacial score (nSPS) is 22.0. The van der Waals surface area contributed by atoms with Crippen LogP contribution in [0.5, 0.6) is 0 Å². The number of ether oxygens (including phenoxy) is 1. The molecule has 0 radical (unpaired) electrons. The summed E-state index contributed by atoms with van der Waals surface area (Å²) in [5.74, 6) is 0.0224. The number of benzene rings is 2. The van der Waals surface area contributed by atoms with Crippen molar-refractivity contribution in [3.05, 3.63) is 78.4 Å². The Morgan fingerprint density at radius 2 is 1.97 bits per heavy atom. The van der Waals surface area contributed by atoms with Crippen molar-refractivity contribution in [1.29, 1.82) is 0 Å². The molecule has 31 heavy (non-hydrogen) atoms. The van der Waals surface area contributed by atoms with Gasteiger partial charge in [-0.2, -0.15) is 0 Å². The number of hydrogen-bond acceptors (Lipinski definition) is 4. The lowest BCUT2D eigenvalue weighted by molar-refractivity contribution is -0.0417. The van der Waals surface area contributed by atoms with Gasteiger partial charge in [-0.1, -0.05) is 54.6 Å². The first-order valence-corrected chi connectivity index (χ1v) is 11.0. The molecule has 1 aromatic heterocycles. The Bertz CT molecular complexity index is 1050. The van der Waals surface area contributed by atoms with Crippen LogP contribution in [-0.4, -0.2) is 58.7 Å². The van der Waals surface area contributed by atoms with E-state index in [9.17, 15) is 4.79 Å². The third-order valence-electron chi connectivity index (χ3n) is 6.48. The van der Waals surface area contributed by atoms with Crippen LogP contribution in [0.3, 0.4) is 0 Å². The van der Waals surface area contributed by atoms with Gasteiger partial charge in [0.05, 0.1) is 31.3 Å². The Morgan fingerprint density at radius 3 is 2.84 bits per heavy atom. The predicted molar refractivity (Wildman–Crippen MR) is 120 cm³/mol. The first-order chi connectivity index (χ1) is 15.2. The number of morpholine rings is 1. The summed E-state index contributed by atoms with van der Waals surface area (Å²) in [7, 11) is 0. The second-order valence-electron chi connectivity index (χ2n) is 8.33. The van der Waals surface area contributed by atoms with E-state index in [2.05, 4.69) is 65.8 Å². The van der Waals surface area contributed by atoms with Gasteiger partial charge in [-0.15, -0.1) is 0 Å². The summed E-state index contributed by atoms with van der Waals surface area (Å²) in [6, 6.07) is 19.1. The number of fused-ring (bicyclic) bond motifs is 1. The van der Waals surface area contributed by atoms with Crippen LogP contribution in [0.15, 0.2) is 67.1 Å². The maximum atomic E-state index is 13.4. The first kappa shape index (κ1) is 20.0. The van der Waals surface area contributed by atoms with Gasteiger partial charge in [0.1, 0.15) is 5.69 Å². The van der Waals surface area contributed by atoms with E-state index in [0.717, 1.165) is 19.5 Å². The summed E-state index contributed by atoms with van der Waals surface area (Å²) in [6.07, 6.45) is 4.44. The highest BCUT2D eigenvalue weighted by Gasteiger charge is 2.35.